The lowest BCUT2D eigenvalue weighted by Crippen LogP contribution is -2.11. The summed E-state index contributed by atoms with van der Waals surface area (Å²) in [6, 6.07) is 8.51. The zero-order valence-electron chi connectivity index (χ0n) is 11.4. The summed E-state index contributed by atoms with van der Waals surface area (Å²) < 4.78 is 9.93. The molecule has 0 amide bonds. The van der Waals surface area contributed by atoms with Crippen molar-refractivity contribution in [2.45, 2.75) is 13.8 Å². The molecule has 0 aliphatic rings. The summed E-state index contributed by atoms with van der Waals surface area (Å²) >= 11 is 0. The van der Waals surface area contributed by atoms with Gasteiger partial charge in [0, 0.05) is 5.39 Å². The van der Waals surface area contributed by atoms with Gasteiger partial charge in [-0.2, -0.15) is 0 Å². The number of esters is 2. The van der Waals surface area contributed by atoms with Crippen molar-refractivity contribution in [1.29, 1.82) is 0 Å². The normalized spacial score (nSPS) is 10.3. The monoisotopic (exact) mass is 273 g/mol. The molecular formula is C15H15NO4. The third-order valence-corrected chi connectivity index (χ3v) is 2.70. The average molecular weight is 273 g/mol. The van der Waals surface area contributed by atoms with Crippen LogP contribution in [0.5, 0.6) is 0 Å². The van der Waals surface area contributed by atoms with E-state index in [1.807, 2.05) is 0 Å². The zero-order valence-corrected chi connectivity index (χ0v) is 11.4. The van der Waals surface area contributed by atoms with Crippen molar-refractivity contribution in [3.8, 4) is 0 Å². The van der Waals surface area contributed by atoms with Crippen LogP contribution < -0.4 is 0 Å². The van der Waals surface area contributed by atoms with Gasteiger partial charge in [0.05, 0.1) is 24.3 Å². The number of aromatic nitrogens is 1. The highest BCUT2D eigenvalue weighted by Gasteiger charge is 2.17. The highest BCUT2D eigenvalue weighted by Crippen LogP contribution is 2.19. The minimum Gasteiger partial charge on any atom is -0.462 e. The number of hydrogen-bond donors (Lipinski definition) is 0. The van der Waals surface area contributed by atoms with E-state index in [-0.39, 0.29) is 18.9 Å². The molecule has 1 aromatic heterocycles. The third-order valence-electron chi connectivity index (χ3n) is 2.70. The average Bonchev–Trinajstić information content (AvgIpc) is 2.46. The fourth-order valence-electron chi connectivity index (χ4n) is 1.86. The molecule has 5 heteroatoms. The summed E-state index contributed by atoms with van der Waals surface area (Å²) in [6.45, 7) is 3.96. The molecule has 0 aliphatic carbocycles. The maximum atomic E-state index is 12.0. The Morgan fingerprint density at radius 1 is 1.05 bits per heavy atom. The first-order valence-electron chi connectivity index (χ1n) is 6.41. The predicted molar refractivity (Wildman–Crippen MR) is 73.7 cm³/mol. The molecule has 5 nitrogen and oxygen atoms in total. The second-order valence-electron chi connectivity index (χ2n) is 4.01. The van der Waals surface area contributed by atoms with Crippen LogP contribution in [-0.4, -0.2) is 30.1 Å². The minimum atomic E-state index is -0.552. The van der Waals surface area contributed by atoms with Crippen molar-refractivity contribution in [3.63, 3.8) is 0 Å². The maximum Gasteiger partial charge on any atom is 0.356 e. The van der Waals surface area contributed by atoms with Gasteiger partial charge in [-0.05, 0) is 26.0 Å². The molecule has 20 heavy (non-hydrogen) atoms. The molecule has 0 bridgehead atoms. The minimum absolute atomic E-state index is 0.105. The first-order valence-corrected chi connectivity index (χ1v) is 6.41. The van der Waals surface area contributed by atoms with Crippen molar-refractivity contribution in [2.75, 3.05) is 13.2 Å². The molecule has 2 aromatic rings. The number of para-hydroxylation sites is 1. The van der Waals surface area contributed by atoms with Gasteiger partial charge < -0.3 is 9.47 Å². The van der Waals surface area contributed by atoms with E-state index in [2.05, 4.69) is 4.98 Å². The van der Waals surface area contributed by atoms with Gasteiger partial charge in [-0.25, -0.2) is 14.6 Å². The van der Waals surface area contributed by atoms with Gasteiger partial charge in [-0.1, -0.05) is 18.2 Å². The Morgan fingerprint density at radius 3 is 2.40 bits per heavy atom. The van der Waals surface area contributed by atoms with Gasteiger partial charge in [0.1, 0.15) is 5.69 Å². The molecule has 0 saturated carbocycles. The van der Waals surface area contributed by atoms with E-state index in [4.69, 9.17) is 9.47 Å². The number of fused-ring (bicyclic) bond motifs is 1. The van der Waals surface area contributed by atoms with Crippen molar-refractivity contribution in [1.82, 2.24) is 4.98 Å². The summed E-state index contributed by atoms with van der Waals surface area (Å²) in [7, 11) is 0. The molecule has 0 unspecified atom stereocenters. The Balaban J connectivity index is 2.57. The molecule has 104 valence electrons. The fourth-order valence-corrected chi connectivity index (χ4v) is 1.86. The number of pyridine rings is 1. The molecule has 1 aromatic carbocycles. The number of ether oxygens (including phenoxy) is 2. The Bertz CT molecular complexity index is 651. The van der Waals surface area contributed by atoms with Crippen molar-refractivity contribution < 1.29 is 19.1 Å². The Kier molecular flexibility index (Phi) is 4.30. The van der Waals surface area contributed by atoms with E-state index < -0.39 is 11.9 Å². The molecular weight excluding hydrogens is 258 g/mol. The molecule has 1 heterocycles. The number of rotatable bonds is 4. The number of hydrogen-bond acceptors (Lipinski definition) is 5. The Hall–Kier alpha value is -2.43. The number of carbonyl (C=O) groups is 2. The van der Waals surface area contributed by atoms with Gasteiger partial charge in [0.25, 0.3) is 0 Å². The lowest BCUT2D eigenvalue weighted by atomic mass is 10.1. The second-order valence-corrected chi connectivity index (χ2v) is 4.01. The molecule has 0 saturated heterocycles. The number of nitrogens with zero attached hydrogens (tertiary/aromatic N) is 1. The highest BCUT2D eigenvalue weighted by molar-refractivity contribution is 6.05. The first kappa shape index (κ1) is 14.0. The first-order chi connectivity index (χ1) is 9.67. The molecule has 0 atom stereocenters. The quantitative estimate of drug-likeness (QED) is 0.801. The molecule has 2 rings (SSSR count). The summed E-state index contributed by atoms with van der Waals surface area (Å²) in [5.74, 6) is -1.03. The van der Waals surface area contributed by atoms with E-state index in [0.717, 1.165) is 0 Å². The van der Waals surface area contributed by atoms with Crippen molar-refractivity contribution >= 4 is 22.8 Å². The van der Waals surface area contributed by atoms with E-state index >= 15 is 0 Å². The SMILES string of the molecule is CCOC(=O)c1cc(C(=O)OCC)c2ccccc2n1. The molecule has 0 aliphatic heterocycles. The van der Waals surface area contributed by atoms with Crippen LogP contribution in [0.15, 0.2) is 30.3 Å². The lowest BCUT2D eigenvalue weighted by Gasteiger charge is -2.08. The van der Waals surface area contributed by atoms with Crippen LogP contribution in [0.4, 0.5) is 0 Å². The van der Waals surface area contributed by atoms with Crippen LogP contribution in [0.25, 0.3) is 10.9 Å². The maximum absolute atomic E-state index is 12.0. The Labute approximate surface area is 116 Å². The van der Waals surface area contributed by atoms with Crippen LogP contribution in [0, 0.1) is 0 Å². The van der Waals surface area contributed by atoms with Crippen molar-refractivity contribution in [3.05, 3.63) is 41.6 Å². The molecule has 0 N–H and O–H groups in total. The van der Waals surface area contributed by atoms with Gasteiger partial charge in [-0.15, -0.1) is 0 Å². The number of carbonyl (C=O) groups excluding carboxylic acids is 2. The van der Waals surface area contributed by atoms with E-state index in [1.54, 1.807) is 38.1 Å². The molecule has 0 fully saturated rings. The summed E-state index contributed by atoms with van der Waals surface area (Å²) in [6.07, 6.45) is 0. The lowest BCUT2D eigenvalue weighted by molar-refractivity contribution is 0.0519. The molecule has 0 radical (unpaired) electrons. The van der Waals surface area contributed by atoms with Crippen LogP contribution in [-0.2, 0) is 9.47 Å². The summed E-state index contributed by atoms with van der Waals surface area (Å²) in [4.78, 5) is 28.0. The summed E-state index contributed by atoms with van der Waals surface area (Å²) in [5.41, 5.74) is 0.982. The second kappa shape index (κ2) is 6.14. The van der Waals surface area contributed by atoms with Crippen LogP contribution >= 0.6 is 0 Å². The van der Waals surface area contributed by atoms with E-state index in [1.165, 1.54) is 6.07 Å². The topological polar surface area (TPSA) is 65.5 Å². The molecule has 0 spiro atoms. The number of benzene rings is 1. The van der Waals surface area contributed by atoms with E-state index in [9.17, 15) is 9.59 Å². The smallest absolute Gasteiger partial charge is 0.356 e. The zero-order chi connectivity index (χ0) is 14.5. The van der Waals surface area contributed by atoms with Gasteiger partial charge >= 0.3 is 11.9 Å². The van der Waals surface area contributed by atoms with Crippen LogP contribution in [0.1, 0.15) is 34.7 Å². The van der Waals surface area contributed by atoms with Gasteiger partial charge in [0.2, 0.25) is 0 Å². The third kappa shape index (κ3) is 2.77. The van der Waals surface area contributed by atoms with Crippen molar-refractivity contribution in [2.24, 2.45) is 0 Å². The van der Waals surface area contributed by atoms with Crippen LogP contribution in [0.2, 0.25) is 0 Å². The Morgan fingerprint density at radius 2 is 1.70 bits per heavy atom. The summed E-state index contributed by atoms with van der Waals surface area (Å²) in [5, 5.41) is 0.652. The highest BCUT2D eigenvalue weighted by atomic mass is 16.5. The largest absolute Gasteiger partial charge is 0.462 e. The fraction of sp³-hybridized carbons (Fsp3) is 0.267. The predicted octanol–water partition coefficient (Wildman–Crippen LogP) is 2.59. The van der Waals surface area contributed by atoms with E-state index in [0.29, 0.717) is 16.5 Å². The van der Waals surface area contributed by atoms with Gasteiger partial charge in [-0.3, -0.25) is 0 Å². The van der Waals surface area contributed by atoms with Crippen LogP contribution in [0.3, 0.4) is 0 Å². The standard InChI is InChI=1S/C15H15NO4/c1-3-19-14(17)11-9-13(15(18)20-4-2)16-12-8-6-5-7-10(11)12/h5-9H,3-4H2,1-2H3. The van der Waals surface area contributed by atoms with Gasteiger partial charge in [0.15, 0.2) is 0 Å².